The van der Waals surface area contributed by atoms with E-state index in [1.165, 1.54) is 4.90 Å². The van der Waals surface area contributed by atoms with Gasteiger partial charge in [-0.1, -0.05) is 60.2 Å². The lowest BCUT2D eigenvalue weighted by Gasteiger charge is -2.14. The van der Waals surface area contributed by atoms with Crippen molar-refractivity contribution in [2.24, 2.45) is 0 Å². The molecule has 1 aliphatic heterocycles. The fraction of sp³-hybridized carbons (Fsp3) is 0.154. The SMILES string of the molecule is COc1cc(/C=C2/SC(=O)N(Cc3cccc(C)c3)C2=O)cc(I)c1OCc1ccccc1. The average Bonchev–Trinajstić information content (AvgIpc) is 3.06. The number of halogens is 1. The second kappa shape index (κ2) is 10.4. The number of ether oxygens (including phenoxy) is 2. The van der Waals surface area contributed by atoms with Crippen molar-refractivity contribution in [3.8, 4) is 11.5 Å². The molecule has 4 rings (SSSR count). The number of imide groups is 1. The summed E-state index contributed by atoms with van der Waals surface area (Å²) in [6.07, 6.45) is 1.73. The molecule has 0 radical (unpaired) electrons. The topological polar surface area (TPSA) is 55.8 Å². The highest BCUT2D eigenvalue weighted by Gasteiger charge is 2.35. The fourth-order valence-corrected chi connectivity index (χ4v) is 5.09. The van der Waals surface area contributed by atoms with E-state index >= 15 is 0 Å². The average molecular weight is 571 g/mol. The largest absolute Gasteiger partial charge is 0.493 e. The van der Waals surface area contributed by atoms with Gasteiger partial charge < -0.3 is 9.47 Å². The molecule has 0 spiro atoms. The molecule has 0 aromatic heterocycles. The Balaban J connectivity index is 1.54. The minimum atomic E-state index is -0.287. The molecule has 1 saturated heterocycles. The van der Waals surface area contributed by atoms with Gasteiger partial charge in [0, 0.05) is 0 Å². The molecule has 33 heavy (non-hydrogen) atoms. The number of hydrogen-bond donors (Lipinski definition) is 0. The summed E-state index contributed by atoms with van der Waals surface area (Å²) < 4.78 is 12.4. The number of rotatable bonds is 7. The standard InChI is InChI=1S/C26H22INO4S/c1-17-7-6-10-19(11-17)15-28-25(29)23(33-26(28)30)14-20-12-21(27)24(22(13-20)31-2)32-16-18-8-4-3-5-9-18/h3-14H,15-16H2,1-2H3/b23-14+. The first-order chi connectivity index (χ1) is 15.9. The van der Waals surface area contributed by atoms with Crippen LogP contribution < -0.4 is 9.47 Å². The van der Waals surface area contributed by atoms with Gasteiger partial charge in [-0.2, -0.15) is 0 Å². The molecule has 7 heteroatoms. The summed E-state index contributed by atoms with van der Waals surface area (Å²) in [4.78, 5) is 27.1. The third-order valence-electron chi connectivity index (χ3n) is 5.07. The highest BCUT2D eigenvalue weighted by molar-refractivity contribution is 14.1. The predicted molar refractivity (Wildman–Crippen MR) is 139 cm³/mol. The number of thioether (sulfide) groups is 1. The molecule has 0 saturated carbocycles. The van der Waals surface area contributed by atoms with Gasteiger partial charge in [0.2, 0.25) is 0 Å². The lowest BCUT2D eigenvalue weighted by atomic mass is 10.1. The maximum atomic E-state index is 12.9. The molecule has 0 N–H and O–H groups in total. The monoisotopic (exact) mass is 571 g/mol. The van der Waals surface area contributed by atoms with Crippen LogP contribution in [0.1, 0.15) is 22.3 Å². The Hall–Kier alpha value is -2.78. The van der Waals surface area contributed by atoms with Crippen molar-refractivity contribution in [1.29, 1.82) is 0 Å². The van der Waals surface area contributed by atoms with Crippen molar-refractivity contribution in [1.82, 2.24) is 4.90 Å². The Morgan fingerprint density at radius 1 is 1.00 bits per heavy atom. The number of methoxy groups -OCH3 is 1. The number of aryl methyl sites for hydroxylation is 1. The van der Waals surface area contributed by atoms with Crippen LogP contribution in [-0.2, 0) is 17.9 Å². The van der Waals surface area contributed by atoms with E-state index in [0.29, 0.717) is 23.0 Å². The molecule has 1 aliphatic rings. The van der Waals surface area contributed by atoms with Crippen molar-refractivity contribution >= 4 is 51.6 Å². The molecule has 1 fully saturated rings. The summed E-state index contributed by atoms with van der Waals surface area (Å²) in [5.74, 6) is 0.930. The third kappa shape index (κ3) is 5.59. The molecule has 168 valence electrons. The van der Waals surface area contributed by atoms with Crippen LogP contribution in [0.3, 0.4) is 0 Å². The molecule has 0 unspecified atom stereocenters. The Kier molecular flexibility index (Phi) is 7.39. The summed E-state index contributed by atoms with van der Waals surface area (Å²) >= 11 is 3.15. The quantitative estimate of drug-likeness (QED) is 0.242. The highest BCUT2D eigenvalue weighted by Crippen LogP contribution is 2.38. The van der Waals surface area contributed by atoms with Crippen molar-refractivity contribution in [2.45, 2.75) is 20.1 Å². The number of amides is 2. The van der Waals surface area contributed by atoms with E-state index in [4.69, 9.17) is 9.47 Å². The second-order valence-corrected chi connectivity index (χ2v) is 9.72. The molecular weight excluding hydrogens is 549 g/mol. The zero-order valence-electron chi connectivity index (χ0n) is 18.2. The van der Waals surface area contributed by atoms with Gasteiger partial charge in [0.1, 0.15) is 6.61 Å². The van der Waals surface area contributed by atoms with Crippen LogP contribution in [-0.4, -0.2) is 23.2 Å². The molecule has 0 bridgehead atoms. The number of hydrogen-bond acceptors (Lipinski definition) is 5. The normalized spacial score (nSPS) is 14.8. The van der Waals surface area contributed by atoms with Gasteiger partial charge in [0.15, 0.2) is 11.5 Å². The number of nitrogens with zero attached hydrogens (tertiary/aromatic N) is 1. The van der Waals surface area contributed by atoms with Crippen LogP contribution in [0.5, 0.6) is 11.5 Å². The maximum Gasteiger partial charge on any atom is 0.293 e. The third-order valence-corrected chi connectivity index (χ3v) is 6.78. The van der Waals surface area contributed by atoms with E-state index in [1.807, 2.05) is 73.7 Å². The molecule has 3 aromatic carbocycles. The smallest absolute Gasteiger partial charge is 0.293 e. The van der Waals surface area contributed by atoms with E-state index in [1.54, 1.807) is 13.2 Å². The zero-order valence-corrected chi connectivity index (χ0v) is 21.2. The van der Waals surface area contributed by atoms with Gasteiger partial charge in [-0.3, -0.25) is 14.5 Å². The Morgan fingerprint density at radius 3 is 2.48 bits per heavy atom. The van der Waals surface area contributed by atoms with Crippen LogP contribution in [0, 0.1) is 10.5 Å². The Morgan fingerprint density at radius 2 is 1.76 bits per heavy atom. The summed E-state index contributed by atoms with van der Waals surface area (Å²) in [6.45, 7) is 2.67. The first-order valence-electron chi connectivity index (χ1n) is 10.3. The summed E-state index contributed by atoms with van der Waals surface area (Å²) in [7, 11) is 1.58. The Bertz CT molecular complexity index is 1230. The Labute approximate surface area is 210 Å². The van der Waals surface area contributed by atoms with Crippen LogP contribution in [0.25, 0.3) is 6.08 Å². The van der Waals surface area contributed by atoms with Crippen molar-refractivity contribution in [2.75, 3.05) is 7.11 Å². The minimum Gasteiger partial charge on any atom is -0.493 e. The van der Waals surface area contributed by atoms with Gasteiger partial charge in [-0.25, -0.2) is 0 Å². The van der Waals surface area contributed by atoms with Crippen molar-refractivity contribution < 1.29 is 19.1 Å². The summed E-state index contributed by atoms with van der Waals surface area (Å²) in [6, 6.07) is 21.4. The summed E-state index contributed by atoms with van der Waals surface area (Å²) in [5.41, 5.74) is 3.84. The minimum absolute atomic E-state index is 0.261. The molecule has 3 aromatic rings. The summed E-state index contributed by atoms with van der Waals surface area (Å²) in [5, 5.41) is -0.266. The predicted octanol–water partition coefficient (Wildman–Crippen LogP) is 6.42. The zero-order chi connectivity index (χ0) is 23.4. The van der Waals surface area contributed by atoms with E-state index < -0.39 is 0 Å². The van der Waals surface area contributed by atoms with Crippen molar-refractivity contribution in [3.63, 3.8) is 0 Å². The molecule has 5 nitrogen and oxygen atoms in total. The van der Waals surface area contributed by atoms with E-state index in [2.05, 4.69) is 22.6 Å². The maximum absolute atomic E-state index is 12.9. The lowest BCUT2D eigenvalue weighted by Crippen LogP contribution is -2.27. The molecular formula is C26H22INO4S. The van der Waals surface area contributed by atoms with Gasteiger partial charge in [0.05, 0.1) is 22.1 Å². The van der Waals surface area contributed by atoms with E-state index in [0.717, 1.165) is 37.6 Å². The van der Waals surface area contributed by atoms with Gasteiger partial charge in [-0.05, 0) is 76.2 Å². The van der Waals surface area contributed by atoms with Gasteiger partial charge >= 0.3 is 0 Å². The lowest BCUT2D eigenvalue weighted by molar-refractivity contribution is -0.123. The number of carbonyl (C=O) groups excluding carboxylic acids is 2. The molecule has 0 aliphatic carbocycles. The van der Waals surface area contributed by atoms with Crippen molar-refractivity contribution in [3.05, 3.63) is 97.5 Å². The molecule has 0 atom stereocenters. The number of benzene rings is 3. The highest BCUT2D eigenvalue weighted by atomic mass is 127. The van der Waals surface area contributed by atoms with Crippen LogP contribution in [0.4, 0.5) is 4.79 Å². The first-order valence-corrected chi connectivity index (χ1v) is 12.2. The molecule has 2 amide bonds. The van der Waals surface area contributed by atoms with Crippen LogP contribution in [0.2, 0.25) is 0 Å². The second-order valence-electron chi connectivity index (χ2n) is 7.57. The van der Waals surface area contributed by atoms with E-state index in [9.17, 15) is 9.59 Å². The fourth-order valence-electron chi connectivity index (χ4n) is 3.47. The van der Waals surface area contributed by atoms with Crippen LogP contribution in [0.15, 0.2) is 71.6 Å². The first kappa shape index (κ1) is 23.4. The van der Waals surface area contributed by atoms with Crippen LogP contribution >= 0.6 is 34.4 Å². The molecule has 1 heterocycles. The number of carbonyl (C=O) groups is 2. The van der Waals surface area contributed by atoms with Gasteiger partial charge in [-0.15, -0.1) is 0 Å². The van der Waals surface area contributed by atoms with Gasteiger partial charge in [0.25, 0.3) is 11.1 Å². The van der Waals surface area contributed by atoms with E-state index in [-0.39, 0.29) is 17.7 Å².